The number of hydrogen-bond donors (Lipinski definition) is 0. The van der Waals surface area contributed by atoms with Crippen LogP contribution in [0.4, 0.5) is 4.39 Å². The summed E-state index contributed by atoms with van der Waals surface area (Å²) in [5, 5.41) is 0. The van der Waals surface area contributed by atoms with Crippen LogP contribution in [-0.2, 0) is 4.74 Å². The lowest BCUT2D eigenvalue weighted by Crippen LogP contribution is -1.83. The zero-order valence-electron chi connectivity index (χ0n) is 2.91. The molecular formula is C3H6FO. The first-order chi connectivity index (χ1) is 2.41. The van der Waals surface area contributed by atoms with Gasteiger partial charge in [-0.2, -0.15) is 0 Å². The third-order valence-corrected chi connectivity index (χ3v) is 0.221. The van der Waals surface area contributed by atoms with Crippen LogP contribution >= 0.6 is 0 Å². The minimum atomic E-state index is -0.719. The molecule has 5 heavy (non-hydrogen) atoms. The predicted octanol–water partition coefficient (Wildman–Crippen LogP) is 0.764. The quantitative estimate of drug-likeness (QED) is 0.473. The second-order valence-corrected chi connectivity index (χ2v) is 0.517. The molecule has 0 unspecified atom stereocenters. The first-order valence-electron chi connectivity index (χ1n) is 1.34. The van der Waals surface area contributed by atoms with E-state index in [4.69, 9.17) is 0 Å². The van der Waals surface area contributed by atoms with Gasteiger partial charge in [-0.05, 0) is 6.92 Å². The third-order valence-electron chi connectivity index (χ3n) is 0.221. The molecule has 1 radical (unpaired) electrons. The summed E-state index contributed by atoms with van der Waals surface area (Å²) in [5.41, 5.74) is 0. The summed E-state index contributed by atoms with van der Waals surface area (Å²) >= 11 is 0. The van der Waals surface area contributed by atoms with Crippen LogP contribution < -0.4 is 0 Å². The van der Waals surface area contributed by atoms with Crippen LogP contribution in [0, 0.1) is 6.92 Å². The SMILES string of the molecule is [CH2]COCF. The summed E-state index contributed by atoms with van der Waals surface area (Å²) in [6.07, 6.45) is 0. The maximum atomic E-state index is 10.7. The van der Waals surface area contributed by atoms with Crippen molar-refractivity contribution in [1.29, 1.82) is 0 Å². The highest BCUT2D eigenvalue weighted by molar-refractivity contribution is 4.22. The Labute approximate surface area is 30.7 Å². The Kier molecular flexibility index (Phi) is 3.80. The fourth-order valence-electron chi connectivity index (χ4n) is 0.0546. The van der Waals surface area contributed by atoms with Gasteiger partial charge < -0.3 is 4.74 Å². The minimum Gasteiger partial charge on any atom is -0.350 e. The smallest absolute Gasteiger partial charge is 0.188 e. The lowest BCUT2D eigenvalue weighted by molar-refractivity contribution is 0.0768. The molecule has 0 amide bonds. The van der Waals surface area contributed by atoms with Crippen LogP contribution in [-0.4, -0.2) is 13.5 Å². The number of alkyl halides is 1. The highest BCUT2D eigenvalue weighted by atomic mass is 19.1. The maximum Gasteiger partial charge on any atom is 0.188 e. The fourth-order valence-corrected chi connectivity index (χ4v) is 0.0546. The van der Waals surface area contributed by atoms with E-state index in [2.05, 4.69) is 11.7 Å². The van der Waals surface area contributed by atoms with E-state index in [-0.39, 0.29) is 6.61 Å². The van der Waals surface area contributed by atoms with Crippen LogP contribution in [0.2, 0.25) is 0 Å². The first kappa shape index (κ1) is 4.89. The van der Waals surface area contributed by atoms with Crippen LogP contribution in [0.15, 0.2) is 0 Å². The van der Waals surface area contributed by atoms with Crippen molar-refractivity contribution in [2.75, 3.05) is 13.5 Å². The van der Waals surface area contributed by atoms with Gasteiger partial charge >= 0.3 is 0 Å². The fraction of sp³-hybridized carbons (Fsp3) is 0.667. The topological polar surface area (TPSA) is 9.23 Å². The van der Waals surface area contributed by atoms with E-state index in [1.54, 1.807) is 0 Å². The largest absolute Gasteiger partial charge is 0.350 e. The predicted molar refractivity (Wildman–Crippen MR) is 17.3 cm³/mol. The molecule has 31 valence electrons. The van der Waals surface area contributed by atoms with Crippen molar-refractivity contribution in [3.63, 3.8) is 0 Å². The first-order valence-corrected chi connectivity index (χ1v) is 1.34. The van der Waals surface area contributed by atoms with E-state index in [1.807, 2.05) is 0 Å². The molecule has 0 aromatic carbocycles. The molecule has 0 N–H and O–H groups in total. The molecule has 0 rings (SSSR count). The summed E-state index contributed by atoms with van der Waals surface area (Å²) in [4.78, 5) is 0. The van der Waals surface area contributed by atoms with Crippen LogP contribution in [0.5, 0.6) is 0 Å². The van der Waals surface area contributed by atoms with E-state index in [9.17, 15) is 4.39 Å². The van der Waals surface area contributed by atoms with Crippen molar-refractivity contribution in [1.82, 2.24) is 0 Å². The zero-order valence-corrected chi connectivity index (χ0v) is 2.91. The second kappa shape index (κ2) is 3.89. The van der Waals surface area contributed by atoms with Gasteiger partial charge in [-0.1, -0.05) is 0 Å². The molecule has 0 aliphatic heterocycles. The van der Waals surface area contributed by atoms with Gasteiger partial charge in [0.05, 0.1) is 0 Å². The number of ether oxygens (including phenoxy) is 1. The van der Waals surface area contributed by atoms with Gasteiger partial charge in [0, 0.05) is 6.61 Å². The van der Waals surface area contributed by atoms with Gasteiger partial charge in [0.2, 0.25) is 0 Å². The molecule has 0 saturated heterocycles. The van der Waals surface area contributed by atoms with Crippen LogP contribution in [0.1, 0.15) is 0 Å². The number of rotatable bonds is 2. The van der Waals surface area contributed by atoms with Gasteiger partial charge in [-0.25, -0.2) is 4.39 Å². The molecule has 0 aromatic heterocycles. The van der Waals surface area contributed by atoms with Gasteiger partial charge in [0.1, 0.15) is 0 Å². The molecule has 0 spiro atoms. The molecule has 0 bridgehead atoms. The standard InChI is InChI=1S/C3H6FO/c1-2-5-3-4/h1-3H2. The lowest BCUT2D eigenvalue weighted by Gasteiger charge is -1.83. The molecule has 0 aliphatic rings. The summed E-state index contributed by atoms with van der Waals surface area (Å²) in [6.45, 7) is 2.71. The Morgan fingerprint density at radius 1 is 1.80 bits per heavy atom. The van der Waals surface area contributed by atoms with Crippen LogP contribution in [0.25, 0.3) is 0 Å². The Morgan fingerprint density at radius 2 is 2.40 bits per heavy atom. The Bertz CT molecular complexity index is 14.4. The van der Waals surface area contributed by atoms with Crippen molar-refractivity contribution in [3.05, 3.63) is 6.92 Å². The minimum absolute atomic E-state index is 0.219. The van der Waals surface area contributed by atoms with E-state index < -0.39 is 6.86 Å². The summed E-state index contributed by atoms with van der Waals surface area (Å²) in [5.74, 6) is 0. The summed E-state index contributed by atoms with van der Waals surface area (Å²) in [7, 11) is 0. The van der Waals surface area contributed by atoms with Crippen molar-refractivity contribution in [2.24, 2.45) is 0 Å². The maximum absolute atomic E-state index is 10.7. The van der Waals surface area contributed by atoms with Crippen LogP contribution in [0.3, 0.4) is 0 Å². The van der Waals surface area contributed by atoms with Gasteiger partial charge in [0.15, 0.2) is 6.86 Å². The lowest BCUT2D eigenvalue weighted by atomic mass is 10.9. The third kappa shape index (κ3) is 3.89. The average molecular weight is 77.1 g/mol. The molecule has 0 saturated carbocycles. The number of halogens is 1. The van der Waals surface area contributed by atoms with E-state index in [0.29, 0.717) is 0 Å². The molecule has 0 aliphatic carbocycles. The molecule has 0 aromatic rings. The molecule has 0 atom stereocenters. The molecule has 0 heterocycles. The molecule has 2 heteroatoms. The molecule has 0 fully saturated rings. The van der Waals surface area contributed by atoms with Crippen molar-refractivity contribution >= 4 is 0 Å². The molecule has 1 nitrogen and oxygen atoms in total. The monoisotopic (exact) mass is 77.0 g/mol. The molecular weight excluding hydrogens is 71.0 g/mol. The van der Waals surface area contributed by atoms with Crippen molar-refractivity contribution < 1.29 is 9.13 Å². The average Bonchev–Trinajstić information content (AvgIpc) is 1.41. The Hall–Kier alpha value is -0.110. The normalized spacial score (nSPS) is 8.40. The summed E-state index contributed by atoms with van der Waals surface area (Å²) in [6, 6.07) is 0. The summed E-state index contributed by atoms with van der Waals surface area (Å²) < 4.78 is 14.8. The van der Waals surface area contributed by atoms with Crippen molar-refractivity contribution in [3.8, 4) is 0 Å². The van der Waals surface area contributed by atoms with Gasteiger partial charge in [-0.15, -0.1) is 0 Å². The second-order valence-electron chi connectivity index (χ2n) is 0.517. The van der Waals surface area contributed by atoms with Gasteiger partial charge in [-0.3, -0.25) is 0 Å². The van der Waals surface area contributed by atoms with Gasteiger partial charge in [0.25, 0.3) is 0 Å². The van der Waals surface area contributed by atoms with E-state index >= 15 is 0 Å². The van der Waals surface area contributed by atoms with E-state index in [0.717, 1.165) is 0 Å². The van der Waals surface area contributed by atoms with Crippen molar-refractivity contribution in [2.45, 2.75) is 0 Å². The highest BCUT2D eigenvalue weighted by Gasteiger charge is 1.67. The Morgan fingerprint density at radius 3 is 2.40 bits per heavy atom. The highest BCUT2D eigenvalue weighted by Crippen LogP contribution is 1.67. The Balaban J connectivity index is 2.19. The van der Waals surface area contributed by atoms with E-state index in [1.165, 1.54) is 0 Å². The number of hydrogen-bond acceptors (Lipinski definition) is 1. The zero-order chi connectivity index (χ0) is 4.12.